The van der Waals surface area contributed by atoms with Crippen LogP contribution in [0, 0.1) is 0 Å². The highest BCUT2D eigenvalue weighted by Gasteiger charge is 2.19. The van der Waals surface area contributed by atoms with Crippen LogP contribution in [0.5, 0.6) is 0 Å². The first-order valence-corrected chi connectivity index (χ1v) is 7.62. The van der Waals surface area contributed by atoms with E-state index in [2.05, 4.69) is 46.1 Å². The predicted octanol–water partition coefficient (Wildman–Crippen LogP) is 4.96. The van der Waals surface area contributed by atoms with Gasteiger partial charge in [0.15, 0.2) is 0 Å². The van der Waals surface area contributed by atoms with E-state index in [1.165, 1.54) is 43.4 Å². The molecular formula is C14H19BrClN. The Hall–Kier alpha value is -0.210. The Balaban J connectivity index is 2.19. The van der Waals surface area contributed by atoms with E-state index in [1.807, 2.05) is 0 Å². The monoisotopic (exact) mass is 315 g/mol. The van der Waals surface area contributed by atoms with Crippen molar-refractivity contribution in [1.29, 1.82) is 0 Å². The van der Waals surface area contributed by atoms with Gasteiger partial charge in [-0.3, -0.25) is 0 Å². The van der Waals surface area contributed by atoms with Crippen LogP contribution in [0.25, 0.3) is 0 Å². The van der Waals surface area contributed by atoms with Crippen LogP contribution in [0.1, 0.15) is 37.7 Å². The highest BCUT2D eigenvalue weighted by atomic mass is 79.9. The number of alkyl halides is 1. The van der Waals surface area contributed by atoms with Crippen LogP contribution in [0.3, 0.4) is 0 Å². The summed E-state index contributed by atoms with van der Waals surface area (Å²) in [5.74, 6) is 0.575. The van der Waals surface area contributed by atoms with Gasteiger partial charge in [-0.05, 0) is 36.6 Å². The summed E-state index contributed by atoms with van der Waals surface area (Å²) in [6.07, 6.45) is 6.75. The Bertz CT molecular complexity index is 374. The van der Waals surface area contributed by atoms with Crippen molar-refractivity contribution in [2.45, 2.75) is 44.0 Å². The molecule has 94 valence electrons. The molecule has 17 heavy (non-hydrogen) atoms. The first kappa shape index (κ1) is 13.2. The maximum atomic E-state index is 6.04. The first-order valence-electron chi connectivity index (χ1n) is 6.29. The molecule has 0 aliphatic heterocycles. The number of anilines is 1. The molecule has 0 heterocycles. The van der Waals surface area contributed by atoms with Crippen LogP contribution >= 0.6 is 27.5 Å². The molecule has 0 aromatic heterocycles. The summed E-state index contributed by atoms with van der Waals surface area (Å²) in [7, 11) is 2.20. The molecule has 0 radical (unpaired) electrons. The lowest BCUT2D eigenvalue weighted by Crippen LogP contribution is -2.33. The van der Waals surface area contributed by atoms with Crippen LogP contribution in [0.4, 0.5) is 5.69 Å². The highest BCUT2D eigenvalue weighted by Crippen LogP contribution is 2.30. The van der Waals surface area contributed by atoms with Gasteiger partial charge in [-0.15, -0.1) is 11.6 Å². The van der Waals surface area contributed by atoms with Gasteiger partial charge in [0.25, 0.3) is 0 Å². The van der Waals surface area contributed by atoms with Crippen molar-refractivity contribution in [3.8, 4) is 0 Å². The van der Waals surface area contributed by atoms with Crippen molar-refractivity contribution in [3.05, 3.63) is 28.2 Å². The van der Waals surface area contributed by atoms with Gasteiger partial charge in [0, 0.05) is 29.1 Å². The summed E-state index contributed by atoms with van der Waals surface area (Å²) in [6.45, 7) is 0. The van der Waals surface area contributed by atoms with E-state index in [4.69, 9.17) is 11.6 Å². The van der Waals surface area contributed by atoms with E-state index in [9.17, 15) is 0 Å². The normalized spacial score (nSPS) is 17.1. The average molecular weight is 317 g/mol. The van der Waals surface area contributed by atoms with Crippen molar-refractivity contribution >= 4 is 33.2 Å². The maximum absolute atomic E-state index is 6.04. The summed E-state index contributed by atoms with van der Waals surface area (Å²) in [4.78, 5) is 2.42. The Morgan fingerprint density at radius 2 is 2.00 bits per heavy atom. The smallest absolute Gasteiger partial charge is 0.0494 e. The molecule has 0 bridgehead atoms. The van der Waals surface area contributed by atoms with E-state index in [-0.39, 0.29) is 0 Å². The molecule has 0 saturated heterocycles. The highest BCUT2D eigenvalue weighted by molar-refractivity contribution is 9.10. The molecule has 2 rings (SSSR count). The molecule has 0 unspecified atom stereocenters. The lowest BCUT2D eigenvalue weighted by atomic mass is 9.94. The Kier molecular flexibility index (Phi) is 4.75. The summed E-state index contributed by atoms with van der Waals surface area (Å²) >= 11 is 9.54. The number of benzene rings is 1. The van der Waals surface area contributed by atoms with Crippen LogP contribution in [0.15, 0.2) is 22.7 Å². The Morgan fingerprint density at radius 1 is 1.29 bits per heavy atom. The third kappa shape index (κ3) is 3.17. The summed E-state index contributed by atoms with van der Waals surface area (Å²) in [6, 6.07) is 7.09. The second kappa shape index (κ2) is 6.10. The van der Waals surface area contributed by atoms with E-state index >= 15 is 0 Å². The van der Waals surface area contributed by atoms with E-state index in [1.54, 1.807) is 0 Å². The van der Waals surface area contributed by atoms with Crippen LogP contribution < -0.4 is 4.90 Å². The standard InChI is InChI=1S/C14H19BrClN/c1-17(13-5-3-2-4-6-13)14-8-7-12(15)9-11(14)10-16/h7-9,13H,2-6,10H2,1H3. The van der Waals surface area contributed by atoms with Crippen molar-refractivity contribution in [3.63, 3.8) is 0 Å². The molecule has 1 saturated carbocycles. The van der Waals surface area contributed by atoms with E-state index in [0.717, 1.165) is 4.47 Å². The number of hydrogen-bond donors (Lipinski definition) is 0. The molecule has 0 amide bonds. The lowest BCUT2D eigenvalue weighted by Gasteiger charge is -2.34. The molecule has 0 spiro atoms. The van der Waals surface area contributed by atoms with Crippen molar-refractivity contribution in [2.75, 3.05) is 11.9 Å². The minimum atomic E-state index is 0.575. The maximum Gasteiger partial charge on any atom is 0.0494 e. The van der Waals surface area contributed by atoms with Gasteiger partial charge in [0.1, 0.15) is 0 Å². The fourth-order valence-electron chi connectivity index (χ4n) is 2.67. The van der Waals surface area contributed by atoms with Gasteiger partial charge in [0.2, 0.25) is 0 Å². The molecule has 0 atom stereocenters. The van der Waals surface area contributed by atoms with Gasteiger partial charge >= 0.3 is 0 Å². The zero-order chi connectivity index (χ0) is 12.3. The predicted molar refractivity (Wildman–Crippen MR) is 79.0 cm³/mol. The quantitative estimate of drug-likeness (QED) is 0.713. The Morgan fingerprint density at radius 3 is 2.65 bits per heavy atom. The van der Waals surface area contributed by atoms with Gasteiger partial charge < -0.3 is 4.90 Å². The Labute approximate surface area is 117 Å². The number of nitrogens with zero attached hydrogens (tertiary/aromatic N) is 1. The molecule has 0 N–H and O–H groups in total. The largest absolute Gasteiger partial charge is 0.371 e. The fourth-order valence-corrected chi connectivity index (χ4v) is 3.29. The van der Waals surface area contributed by atoms with E-state index in [0.29, 0.717) is 11.9 Å². The molecule has 1 nitrogen and oxygen atoms in total. The minimum absolute atomic E-state index is 0.575. The third-order valence-electron chi connectivity index (χ3n) is 3.69. The molecule has 1 aliphatic rings. The van der Waals surface area contributed by atoms with Gasteiger partial charge in [-0.2, -0.15) is 0 Å². The van der Waals surface area contributed by atoms with Crippen LogP contribution in [0.2, 0.25) is 0 Å². The number of halogens is 2. The lowest BCUT2D eigenvalue weighted by molar-refractivity contribution is 0.427. The molecular weight excluding hydrogens is 298 g/mol. The van der Waals surface area contributed by atoms with Crippen molar-refractivity contribution in [2.24, 2.45) is 0 Å². The van der Waals surface area contributed by atoms with Crippen molar-refractivity contribution < 1.29 is 0 Å². The van der Waals surface area contributed by atoms with Gasteiger partial charge in [0.05, 0.1) is 0 Å². The van der Waals surface area contributed by atoms with Gasteiger partial charge in [-0.25, -0.2) is 0 Å². The summed E-state index contributed by atoms with van der Waals surface area (Å²) in [5.41, 5.74) is 2.50. The SMILES string of the molecule is CN(c1ccc(Br)cc1CCl)C1CCCCC1. The topological polar surface area (TPSA) is 3.24 Å². The average Bonchev–Trinajstić information content (AvgIpc) is 2.39. The second-order valence-corrected chi connectivity index (χ2v) is 5.99. The van der Waals surface area contributed by atoms with Gasteiger partial charge in [-0.1, -0.05) is 35.2 Å². The van der Waals surface area contributed by atoms with E-state index < -0.39 is 0 Å². The molecule has 3 heteroatoms. The van der Waals surface area contributed by atoms with Crippen LogP contribution in [-0.4, -0.2) is 13.1 Å². The first-order chi connectivity index (χ1) is 8.22. The van der Waals surface area contributed by atoms with Crippen LogP contribution in [-0.2, 0) is 5.88 Å². The summed E-state index contributed by atoms with van der Waals surface area (Å²) in [5, 5.41) is 0. The zero-order valence-corrected chi connectivity index (χ0v) is 12.6. The number of hydrogen-bond acceptors (Lipinski definition) is 1. The van der Waals surface area contributed by atoms with Crippen molar-refractivity contribution in [1.82, 2.24) is 0 Å². The fraction of sp³-hybridized carbons (Fsp3) is 0.571. The molecule has 1 aromatic rings. The number of rotatable bonds is 3. The third-order valence-corrected chi connectivity index (χ3v) is 4.47. The molecule has 1 aliphatic carbocycles. The molecule has 1 fully saturated rings. The zero-order valence-electron chi connectivity index (χ0n) is 10.3. The molecule has 1 aromatic carbocycles. The minimum Gasteiger partial charge on any atom is -0.371 e. The second-order valence-electron chi connectivity index (χ2n) is 4.81. The summed E-state index contributed by atoms with van der Waals surface area (Å²) < 4.78 is 1.11.